The number of benzene rings is 5. The van der Waals surface area contributed by atoms with E-state index in [1.807, 2.05) is 34.6 Å². The number of hydrogen-bond donors (Lipinski definition) is 0. The lowest BCUT2D eigenvalue weighted by Crippen LogP contribution is -2.41. The van der Waals surface area contributed by atoms with Crippen LogP contribution in [0, 0.1) is 34.6 Å². The number of rotatable bonds is 10. The Morgan fingerprint density at radius 1 is 0.229 bits per heavy atom. The second-order valence-electron chi connectivity index (χ2n) is 17.9. The van der Waals surface area contributed by atoms with E-state index in [1.165, 1.54) is 82.2 Å². The van der Waals surface area contributed by atoms with Crippen LogP contribution in [0.2, 0.25) is 0 Å². The summed E-state index contributed by atoms with van der Waals surface area (Å²) in [5.41, 5.74) is 4.21. The molecule has 5 aromatic rings. The minimum atomic E-state index is -4.19. The molecule has 70 heavy (non-hydrogen) atoms. The molecule has 20 heteroatoms. The van der Waals surface area contributed by atoms with E-state index < -0.39 is 50.1 Å². The van der Waals surface area contributed by atoms with E-state index in [-0.39, 0.29) is 122 Å². The Morgan fingerprint density at radius 3 is 0.457 bits per heavy atom. The van der Waals surface area contributed by atoms with Crippen molar-refractivity contribution in [2.75, 3.05) is 65.4 Å². The van der Waals surface area contributed by atoms with Gasteiger partial charge in [-0.05, 0) is 127 Å². The molecule has 1 fully saturated rings. The molecule has 1 heterocycles. The second kappa shape index (κ2) is 23.5. The monoisotopic (exact) mass is 1060 g/mol. The van der Waals surface area contributed by atoms with Crippen LogP contribution in [-0.2, 0) is 50.1 Å². The molecule has 6 rings (SSSR count). The van der Waals surface area contributed by atoms with E-state index in [2.05, 4.69) is 0 Å². The summed E-state index contributed by atoms with van der Waals surface area (Å²) in [7, 11) is -21.0. The summed E-state index contributed by atoms with van der Waals surface area (Å²) in [5.74, 6) is 0. The molecule has 380 valence electrons. The highest BCUT2D eigenvalue weighted by atomic mass is 32.2. The molecule has 0 aliphatic carbocycles. The van der Waals surface area contributed by atoms with Gasteiger partial charge in [0.2, 0.25) is 50.1 Å². The Hall–Kier alpha value is -4.35. The first-order chi connectivity index (χ1) is 33.0. The smallest absolute Gasteiger partial charge is 0.207 e. The average Bonchev–Trinajstić information content (AvgIpc) is 3.31. The fourth-order valence-electron chi connectivity index (χ4n) is 8.17. The van der Waals surface area contributed by atoms with Crippen LogP contribution >= 0.6 is 0 Å². The summed E-state index contributed by atoms with van der Waals surface area (Å²) < 4.78 is 150. The minimum Gasteiger partial charge on any atom is -0.207 e. The van der Waals surface area contributed by atoms with Crippen LogP contribution < -0.4 is 0 Å². The lowest BCUT2D eigenvalue weighted by molar-refractivity contribution is 0.310. The van der Waals surface area contributed by atoms with Crippen LogP contribution in [0.3, 0.4) is 0 Å². The minimum absolute atomic E-state index is 0.0191. The zero-order chi connectivity index (χ0) is 50.9. The van der Waals surface area contributed by atoms with Crippen molar-refractivity contribution in [2.45, 2.75) is 91.2 Å². The molecule has 0 atom stereocenters. The first-order valence-electron chi connectivity index (χ1n) is 23.4. The van der Waals surface area contributed by atoms with Gasteiger partial charge in [0.15, 0.2) is 0 Å². The molecule has 15 nitrogen and oxygen atoms in total. The predicted molar refractivity (Wildman–Crippen MR) is 273 cm³/mol. The second-order valence-corrected chi connectivity index (χ2v) is 27.5. The van der Waals surface area contributed by atoms with Crippen molar-refractivity contribution in [3.8, 4) is 0 Å². The van der Waals surface area contributed by atoms with Crippen LogP contribution in [0.15, 0.2) is 146 Å². The Kier molecular flexibility index (Phi) is 18.4. The summed E-state index contributed by atoms with van der Waals surface area (Å²) in [6, 6.07) is 31.7. The Morgan fingerprint density at radius 2 is 0.343 bits per heavy atom. The highest BCUT2D eigenvalue weighted by Gasteiger charge is 2.32. The third-order valence-corrected chi connectivity index (χ3v) is 21.9. The molecule has 5 aromatic carbocycles. The quantitative estimate of drug-likeness (QED) is 0.142. The molecule has 1 saturated heterocycles. The largest absolute Gasteiger partial charge is 0.243 e. The van der Waals surface area contributed by atoms with E-state index in [1.54, 1.807) is 60.7 Å². The topological polar surface area (TPSA) is 187 Å². The van der Waals surface area contributed by atoms with Gasteiger partial charge in [-0.2, -0.15) is 21.5 Å². The first-order valence-corrected chi connectivity index (χ1v) is 30.6. The average molecular weight is 1060 g/mol. The van der Waals surface area contributed by atoms with Gasteiger partial charge in [0.25, 0.3) is 0 Å². The predicted octanol–water partition coefficient (Wildman–Crippen LogP) is 6.95. The van der Waals surface area contributed by atoms with Gasteiger partial charge in [-0.3, -0.25) is 0 Å². The van der Waals surface area contributed by atoms with Crippen LogP contribution in [0.4, 0.5) is 0 Å². The van der Waals surface area contributed by atoms with Gasteiger partial charge in [0, 0.05) is 65.4 Å². The lowest BCUT2D eigenvalue weighted by atomic mass is 10.2. The fourth-order valence-corrected chi connectivity index (χ4v) is 15.8. The molecule has 0 N–H and O–H groups in total. The molecule has 1 aliphatic heterocycles. The van der Waals surface area contributed by atoms with Gasteiger partial charge in [0.1, 0.15) is 0 Å². The van der Waals surface area contributed by atoms with Crippen molar-refractivity contribution in [2.24, 2.45) is 0 Å². The van der Waals surface area contributed by atoms with E-state index in [4.69, 9.17) is 0 Å². The molecule has 0 radical (unpaired) electrons. The summed E-state index contributed by atoms with van der Waals surface area (Å²) in [4.78, 5) is 0.0953. The van der Waals surface area contributed by atoms with Crippen molar-refractivity contribution in [3.05, 3.63) is 149 Å². The van der Waals surface area contributed by atoms with Crippen LogP contribution in [0.5, 0.6) is 0 Å². The SMILES string of the molecule is Cc1ccc(S(=O)(=O)N2CCCN(S(=O)(=O)c3ccc(C)cc3)CCCN(S(=O)(=O)c3ccc(C)cc3)CCCN(S(=O)(=O)c3ccc(C)cc3)CCCN(S(=O)(=O)c3ccc(C)cc3)CCC2)cc1. The summed E-state index contributed by atoms with van der Waals surface area (Å²) >= 11 is 0. The van der Waals surface area contributed by atoms with Crippen LogP contribution in [0.1, 0.15) is 59.9 Å². The van der Waals surface area contributed by atoms with Crippen molar-refractivity contribution in [1.82, 2.24) is 21.5 Å². The van der Waals surface area contributed by atoms with Gasteiger partial charge in [-0.15, -0.1) is 0 Å². The third-order valence-electron chi connectivity index (χ3n) is 12.4. The van der Waals surface area contributed by atoms with E-state index in [0.717, 1.165) is 27.8 Å². The van der Waals surface area contributed by atoms with E-state index in [0.29, 0.717) is 0 Å². The van der Waals surface area contributed by atoms with E-state index >= 15 is 0 Å². The van der Waals surface area contributed by atoms with Crippen molar-refractivity contribution >= 4 is 50.1 Å². The Bertz CT molecular complexity index is 2590. The summed E-state index contributed by atoms with van der Waals surface area (Å²) in [5, 5.41) is 0. The molecule has 0 spiro atoms. The molecule has 0 saturated carbocycles. The molecule has 0 bridgehead atoms. The maximum Gasteiger partial charge on any atom is 0.243 e. The van der Waals surface area contributed by atoms with Gasteiger partial charge >= 0.3 is 0 Å². The van der Waals surface area contributed by atoms with Crippen molar-refractivity contribution in [1.29, 1.82) is 0 Å². The third kappa shape index (κ3) is 13.6. The fraction of sp³-hybridized carbons (Fsp3) is 0.400. The molecule has 1 aliphatic rings. The van der Waals surface area contributed by atoms with Crippen LogP contribution in [-0.4, -0.2) is 129 Å². The molecule has 0 unspecified atom stereocenters. The molecular formula is C50H65N5O10S5. The Balaban J connectivity index is 1.42. The Labute approximate surface area is 417 Å². The van der Waals surface area contributed by atoms with E-state index in [9.17, 15) is 42.1 Å². The molecular weight excluding hydrogens is 991 g/mol. The zero-order valence-corrected chi connectivity index (χ0v) is 44.6. The normalized spacial score (nSPS) is 17.8. The van der Waals surface area contributed by atoms with Gasteiger partial charge in [-0.1, -0.05) is 88.5 Å². The summed E-state index contributed by atoms with van der Waals surface area (Å²) in [6.45, 7) is 7.91. The first kappa shape index (κ1) is 55.0. The van der Waals surface area contributed by atoms with Crippen LogP contribution in [0.25, 0.3) is 0 Å². The number of aryl methyl sites for hydroxylation is 5. The number of nitrogens with zero attached hydrogens (tertiary/aromatic N) is 5. The number of sulfonamides is 5. The summed E-state index contributed by atoms with van der Waals surface area (Å²) in [6.07, 6.45) is 0.269. The van der Waals surface area contributed by atoms with Crippen molar-refractivity contribution < 1.29 is 42.1 Å². The molecule has 0 amide bonds. The maximum atomic E-state index is 14.4. The molecule has 0 aromatic heterocycles. The zero-order valence-electron chi connectivity index (χ0n) is 40.5. The lowest BCUT2D eigenvalue weighted by Gasteiger charge is -2.29. The highest BCUT2D eigenvalue weighted by molar-refractivity contribution is 7.90. The maximum absolute atomic E-state index is 14.4. The highest BCUT2D eigenvalue weighted by Crippen LogP contribution is 2.25. The standard InChI is InChI=1S/C50H65N5O10S5/c1-41-11-21-46(22-12-41)66(56,57)51-31-6-33-52(67(58,59)47-23-13-42(2)14-24-47)35-8-37-54(69(62,63)49-27-17-44(4)18-28-49)39-10-40-55(70(64,65)50-29-19-45(5)20-30-50)38-9-36-53(34-7-32-51)68(60,61)48-25-15-43(3)16-26-48/h11-30H,6-10,31-40H2,1-5H3. The van der Waals surface area contributed by atoms with Gasteiger partial charge in [-0.25, -0.2) is 42.1 Å². The van der Waals surface area contributed by atoms with Gasteiger partial charge < -0.3 is 0 Å². The van der Waals surface area contributed by atoms with Crippen molar-refractivity contribution in [3.63, 3.8) is 0 Å². The van der Waals surface area contributed by atoms with Gasteiger partial charge in [0.05, 0.1) is 24.5 Å². The number of hydrogen-bond acceptors (Lipinski definition) is 10.